The fourth-order valence-corrected chi connectivity index (χ4v) is 11.9. The largest absolute Gasteiger partial charge is 1.00 e. The normalized spacial score (nSPS) is 11.7. The van der Waals surface area contributed by atoms with Crippen molar-refractivity contribution in [3.8, 4) is 0 Å². The molecule has 0 saturated heterocycles. The summed E-state index contributed by atoms with van der Waals surface area (Å²) in [6.07, 6.45) is 54.2. The van der Waals surface area contributed by atoms with Gasteiger partial charge in [0.2, 0.25) is 0 Å². The van der Waals surface area contributed by atoms with Gasteiger partial charge in [0.1, 0.15) is 0 Å². The van der Waals surface area contributed by atoms with Crippen molar-refractivity contribution in [2.24, 2.45) is 0 Å². The molecule has 0 fully saturated rings. The van der Waals surface area contributed by atoms with Gasteiger partial charge in [-0.05, 0) is 51.4 Å². The number of halogens is 1. The molecular weight excluding hydrogens is 638 g/mol. The lowest BCUT2D eigenvalue weighted by molar-refractivity contribution is -0.00000930. The van der Waals surface area contributed by atoms with Crippen molar-refractivity contribution < 1.29 is 24.0 Å². The zero-order chi connectivity index (χ0) is 30.0. The zero-order valence-corrected chi connectivity index (χ0v) is 33.3. The Morgan fingerprint density at radius 2 is 0.357 bits per heavy atom. The standard InChI is InChI=1S/C40H84P.HI/c1-5-9-13-17-21-22-23-24-25-26-27-28-32-36-40-41(37-33-29-18-14-10-6-2,38-34-30-19-15-11-7-3)39-35-31-20-16-12-8-4;/h5-40H2,1-4H3;1H/q+1;/p-1. The van der Waals surface area contributed by atoms with E-state index in [9.17, 15) is 0 Å². The molecule has 0 nitrogen and oxygen atoms in total. The SMILES string of the molecule is CCCCCCCCCCCCCCCC[P+](CCCCCCCC)(CCCCCCCC)CCCCCCCC.[I-]. The van der Waals surface area contributed by atoms with Gasteiger partial charge in [-0.15, -0.1) is 0 Å². The molecule has 0 amide bonds. The second kappa shape index (κ2) is 38.3. The molecule has 42 heavy (non-hydrogen) atoms. The van der Waals surface area contributed by atoms with Crippen LogP contribution in [0.3, 0.4) is 0 Å². The van der Waals surface area contributed by atoms with Gasteiger partial charge in [-0.25, -0.2) is 0 Å². The summed E-state index contributed by atoms with van der Waals surface area (Å²) in [6.45, 7) is 9.39. The Balaban J connectivity index is 0. The first kappa shape index (κ1) is 45.3. The number of hydrogen-bond donors (Lipinski definition) is 0. The van der Waals surface area contributed by atoms with Crippen molar-refractivity contribution in [1.29, 1.82) is 0 Å². The van der Waals surface area contributed by atoms with E-state index in [2.05, 4.69) is 27.7 Å². The third-order valence-corrected chi connectivity index (χ3v) is 15.0. The van der Waals surface area contributed by atoms with Crippen molar-refractivity contribution in [3.05, 3.63) is 0 Å². The first-order valence-electron chi connectivity index (χ1n) is 20.1. The van der Waals surface area contributed by atoms with E-state index in [0.717, 1.165) is 0 Å². The highest BCUT2D eigenvalue weighted by Crippen LogP contribution is 2.61. The monoisotopic (exact) mass is 723 g/mol. The summed E-state index contributed by atoms with van der Waals surface area (Å²) >= 11 is 0. The summed E-state index contributed by atoms with van der Waals surface area (Å²) in [5.74, 6) is 0. The van der Waals surface area contributed by atoms with Gasteiger partial charge in [-0.3, -0.25) is 0 Å². The third-order valence-electron chi connectivity index (χ3n) is 9.94. The summed E-state index contributed by atoms with van der Waals surface area (Å²) in [4.78, 5) is 0. The van der Waals surface area contributed by atoms with Gasteiger partial charge >= 0.3 is 0 Å². The average Bonchev–Trinajstić information content (AvgIpc) is 2.98. The highest BCUT2D eigenvalue weighted by atomic mass is 127. The maximum atomic E-state index is 2.36. The lowest BCUT2D eigenvalue weighted by Crippen LogP contribution is -3.00. The lowest BCUT2D eigenvalue weighted by atomic mass is 10.0. The fourth-order valence-electron chi connectivity index (χ4n) is 7.00. The molecule has 0 aromatic rings. The molecule has 0 aromatic carbocycles. The predicted molar refractivity (Wildman–Crippen MR) is 197 cm³/mol. The molecule has 0 N–H and O–H groups in total. The van der Waals surface area contributed by atoms with Gasteiger partial charge in [-0.1, -0.05) is 182 Å². The second-order valence-corrected chi connectivity index (χ2v) is 18.6. The lowest BCUT2D eigenvalue weighted by Gasteiger charge is -2.28. The highest BCUT2D eigenvalue weighted by molar-refractivity contribution is 7.75. The van der Waals surface area contributed by atoms with Gasteiger partial charge in [-0.2, -0.15) is 0 Å². The van der Waals surface area contributed by atoms with E-state index in [-0.39, 0.29) is 24.0 Å². The number of rotatable bonds is 36. The summed E-state index contributed by atoms with van der Waals surface area (Å²) in [5, 5.41) is 0. The summed E-state index contributed by atoms with van der Waals surface area (Å²) in [6, 6.07) is 0. The predicted octanol–water partition coefficient (Wildman–Crippen LogP) is 12.6. The van der Waals surface area contributed by atoms with Crippen molar-refractivity contribution in [1.82, 2.24) is 0 Å². The van der Waals surface area contributed by atoms with Crippen LogP contribution >= 0.6 is 7.26 Å². The quantitative estimate of drug-likeness (QED) is 0.0343. The molecule has 0 saturated carbocycles. The van der Waals surface area contributed by atoms with Crippen LogP contribution < -0.4 is 24.0 Å². The molecule has 2 heteroatoms. The van der Waals surface area contributed by atoms with Gasteiger partial charge in [0, 0.05) is 7.26 Å². The van der Waals surface area contributed by atoms with Crippen molar-refractivity contribution in [2.75, 3.05) is 24.6 Å². The first-order valence-corrected chi connectivity index (χ1v) is 22.6. The van der Waals surface area contributed by atoms with Crippen LogP contribution in [0.4, 0.5) is 0 Å². The summed E-state index contributed by atoms with van der Waals surface area (Å²) in [7, 11) is -0.747. The topological polar surface area (TPSA) is 0 Å². The summed E-state index contributed by atoms with van der Waals surface area (Å²) in [5.41, 5.74) is 0. The maximum Gasteiger partial charge on any atom is 0.0594 e. The van der Waals surface area contributed by atoms with Gasteiger partial charge in [0.05, 0.1) is 24.6 Å². The van der Waals surface area contributed by atoms with Gasteiger partial charge < -0.3 is 24.0 Å². The Morgan fingerprint density at radius 1 is 0.214 bits per heavy atom. The number of hydrogen-bond acceptors (Lipinski definition) is 0. The smallest absolute Gasteiger partial charge is 0.0594 e. The molecular formula is C40H84IP. The van der Waals surface area contributed by atoms with Gasteiger partial charge in [0.25, 0.3) is 0 Å². The molecule has 0 atom stereocenters. The van der Waals surface area contributed by atoms with Crippen molar-refractivity contribution in [3.63, 3.8) is 0 Å². The van der Waals surface area contributed by atoms with Crippen LogP contribution in [0.2, 0.25) is 0 Å². The molecule has 0 heterocycles. The Labute approximate surface area is 287 Å². The maximum absolute atomic E-state index is 2.36. The molecule has 0 aliphatic heterocycles. The minimum absolute atomic E-state index is 0. The van der Waals surface area contributed by atoms with Crippen molar-refractivity contribution >= 4 is 7.26 Å². The van der Waals surface area contributed by atoms with Crippen LogP contribution in [-0.2, 0) is 0 Å². The Morgan fingerprint density at radius 3 is 0.524 bits per heavy atom. The van der Waals surface area contributed by atoms with E-state index in [0.29, 0.717) is 0 Å². The van der Waals surface area contributed by atoms with Crippen LogP contribution in [0, 0.1) is 0 Å². The van der Waals surface area contributed by atoms with E-state index in [1.807, 2.05) is 0 Å². The second-order valence-electron chi connectivity index (χ2n) is 14.1. The Kier molecular flexibility index (Phi) is 41.3. The van der Waals surface area contributed by atoms with E-state index in [4.69, 9.17) is 0 Å². The molecule has 0 radical (unpaired) electrons. The molecule has 256 valence electrons. The minimum atomic E-state index is -0.747. The van der Waals surface area contributed by atoms with E-state index in [1.165, 1.54) is 180 Å². The molecule has 0 rings (SSSR count). The van der Waals surface area contributed by atoms with E-state index < -0.39 is 7.26 Å². The zero-order valence-electron chi connectivity index (χ0n) is 30.3. The highest BCUT2D eigenvalue weighted by Gasteiger charge is 2.34. The van der Waals surface area contributed by atoms with Crippen molar-refractivity contribution in [2.45, 2.75) is 233 Å². The third kappa shape index (κ3) is 32.6. The average molecular weight is 723 g/mol. The van der Waals surface area contributed by atoms with Gasteiger partial charge in [0.15, 0.2) is 0 Å². The molecule has 0 bridgehead atoms. The molecule has 0 aliphatic rings. The van der Waals surface area contributed by atoms with Crippen LogP contribution in [0.5, 0.6) is 0 Å². The minimum Gasteiger partial charge on any atom is -1.00 e. The Bertz CT molecular complexity index is 424. The van der Waals surface area contributed by atoms with E-state index in [1.54, 1.807) is 50.3 Å². The summed E-state index contributed by atoms with van der Waals surface area (Å²) < 4.78 is 0. The molecule has 0 spiro atoms. The molecule has 0 unspecified atom stereocenters. The van der Waals surface area contributed by atoms with E-state index >= 15 is 0 Å². The van der Waals surface area contributed by atoms with Crippen LogP contribution in [0.25, 0.3) is 0 Å². The Hall–Kier alpha value is 1.16. The van der Waals surface area contributed by atoms with Crippen LogP contribution in [0.15, 0.2) is 0 Å². The molecule has 0 aliphatic carbocycles. The fraction of sp³-hybridized carbons (Fsp3) is 1.00. The number of unbranched alkanes of at least 4 members (excludes halogenated alkanes) is 28. The van der Waals surface area contributed by atoms with Crippen LogP contribution in [0.1, 0.15) is 233 Å². The first-order chi connectivity index (χ1) is 20.2. The molecule has 0 aromatic heterocycles. The van der Waals surface area contributed by atoms with Crippen LogP contribution in [-0.4, -0.2) is 24.6 Å².